The SMILES string of the molecule is Cc1nc(C)c(C(=O)NCCc2ncc(C)n2C2CCC2)s1. The van der Waals surface area contributed by atoms with E-state index < -0.39 is 0 Å². The number of aryl methyl sites for hydroxylation is 3. The van der Waals surface area contributed by atoms with Crippen LogP contribution in [0.3, 0.4) is 0 Å². The maximum absolute atomic E-state index is 12.2. The normalized spacial score (nSPS) is 14.9. The van der Waals surface area contributed by atoms with E-state index in [-0.39, 0.29) is 5.91 Å². The monoisotopic (exact) mass is 318 g/mol. The van der Waals surface area contributed by atoms with Crippen molar-refractivity contribution in [2.45, 2.75) is 52.5 Å². The Hall–Kier alpha value is -1.69. The fourth-order valence-electron chi connectivity index (χ4n) is 2.93. The van der Waals surface area contributed by atoms with Crippen molar-refractivity contribution >= 4 is 17.2 Å². The molecule has 0 unspecified atom stereocenters. The van der Waals surface area contributed by atoms with Crippen LogP contribution in [0, 0.1) is 20.8 Å². The van der Waals surface area contributed by atoms with Crippen LogP contribution in [0.25, 0.3) is 0 Å². The summed E-state index contributed by atoms with van der Waals surface area (Å²) in [5.74, 6) is 1.06. The molecule has 6 heteroatoms. The molecule has 1 fully saturated rings. The molecule has 2 aromatic heterocycles. The third-order valence-electron chi connectivity index (χ3n) is 4.24. The fourth-order valence-corrected chi connectivity index (χ4v) is 3.77. The number of imidazole rings is 1. The molecule has 0 saturated heterocycles. The van der Waals surface area contributed by atoms with Gasteiger partial charge in [-0.3, -0.25) is 4.79 Å². The van der Waals surface area contributed by atoms with Gasteiger partial charge >= 0.3 is 0 Å². The summed E-state index contributed by atoms with van der Waals surface area (Å²) >= 11 is 1.45. The highest BCUT2D eigenvalue weighted by molar-refractivity contribution is 7.13. The van der Waals surface area contributed by atoms with Gasteiger partial charge in [-0.15, -0.1) is 11.3 Å². The molecule has 0 aliphatic heterocycles. The van der Waals surface area contributed by atoms with Crippen molar-refractivity contribution in [2.24, 2.45) is 0 Å². The minimum absolute atomic E-state index is 0.0263. The number of hydrogen-bond donors (Lipinski definition) is 1. The summed E-state index contributed by atoms with van der Waals surface area (Å²) in [6.07, 6.45) is 6.51. The Morgan fingerprint density at radius 2 is 2.18 bits per heavy atom. The molecule has 0 bridgehead atoms. The van der Waals surface area contributed by atoms with Crippen molar-refractivity contribution in [1.29, 1.82) is 0 Å². The van der Waals surface area contributed by atoms with Gasteiger partial charge < -0.3 is 9.88 Å². The van der Waals surface area contributed by atoms with Gasteiger partial charge in [0.15, 0.2) is 0 Å². The first kappa shape index (κ1) is 15.2. The minimum Gasteiger partial charge on any atom is -0.351 e. The lowest BCUT2D eigenvalue weighted by atomic mass is 9.92. The van der Waals surface area contributed by atoms with Crippen LogP contribution < -0.4 is 5.32 Å². The summed E-state index contributed by atoms with van der Waals surface area (Å²) in [5.41, 5.74) is 2.03. The molecule has 1 aliphatic rings. The summed E-state index contributed by atoms with van der Waals surface area (Å²) < 4.78 is 2.34. The predicted octanol–water partition coefficient (Wildman–Crippen LogP) is 2.96. The third kappa shape index (κ3) is 2.92. The van der Waals surface area contributed by atoms with Gasteiger partial charge in [-0.2, -0.15) is 0 Å². The molecule has 5 nitrogen and oxygen atoms in total. The van der Waals surface area contributed by atoms with Gasteiger partial charge in [0.1, 0.15) is 10.7 Å². The van der Waals surface area contributed by atoms with Crippen LogP contribution in [0.1, 0.15) is 57.2 Å². The summed E-state index contributed by atoms with van der Waals surface area (Å²) in [6.45, 7) is 6.52. The highest BCUT2D eigenvalue weighted by Crippen LogP contribution is 2.33. The van der Waals surface area contributed by atoms with Gasteiger partial charge in [0.25, 0.3) is 5.91 Å². The van der Waals surface area contributed by atoms with Crippen LogP contribution >= 0.6 is 11.3 Å². The van der Waals surface area contributed by atoms with Gasteiger partial charge in [0.05, 0.1) is 10.7 Å². The zero-order valence-corrected chi connectivity index (χ0v) is 14.2. The smallest absolute Gasteiger partial charge is 0.263 e. The van der Waals surface area contributed by atoms with Crippen molar-refractivity contribution < 1.29 is 4.79 Å². The van der Waals surface area contributed by atoms with Crippen LogP contribution in [0.4, 0.5) is 0 Å². The lowest BCUT2D eigenvalue weighted by molar-refractivity contribution is 0.0957. The number of amides is 1. The lowest BCUT2D eigenvalue weighted by Crippen LogP contribution is -2.27. The molecule has 1 amide bonds. The topological polar surface area (TPSA) is 59.8 Å². The van der Waals surface area contributed by atoms with Crippen molar-refractivity contribution in [3.05, 3.63) is 33.3 Å². The Morgan fingerprint density at radius 3 is 2.77 bits per heavy atom. The van der Waals surface area contributed by atoms with Gasteiger partial charge in [-0.25, -0.2) is 9.97 Å². The number of carbonyl (C=O) groups excluding carboxylic acids is 1. The third-order valence-corrected chi connectivity index (χ3v) is 5.31. The first-order chi connectivity index (χ1) is 10.6. The molecule has 1 aliphatic carbocycles. The van der Waals surface area contributed by atoms with E-state index in [1.165, 1.54) is 36.3 Å². The van der Waals surface area contributed by atoms with E-state index in [2.05, 4.69) is 26.8 Å². The van der Waals surface area contributed by atoms with Gasteiger partial charge in [0.2, 0.25) is 0 Å². The zero-order chi connectivity index (χ0) is 15.7. The zero-order valence-electron chi connectivity index (χ0n) is 13.3. The second-order valence-corrected chi connectivity index (χ2v) is 7.13. The van der Waals surface area contributed by atoms with E-state index in [1.54, 1.807) is 0 Å². The van der Waals surface area contributed by atoms with E-state index >= 15 is 0 Å². The average Bonchev–Trinajstić information content (AvgIpc) is 2.93. The van der Waals surface area contributed by atoms with E-state index in [9.17, 15) is 4.79 Å². The van der Waals surface area contributed by atoms with Crippen molar-refractivity contribution in [3.63, 3.8) is 0 Å². The maximum Gasteiger partial charge on any atom is 0.263 e. The Bertz CT molecular complexity index is 684. The molecule has 0 spiro atoms. The predicted molar refractivity (Wildman–Crippen MR) is 87.5 cm³/mol. The maximum atomic E-state index is 12.2. The molecule has 2 aromatic rings. The molecule has 2 heterocycles. The molecule has 118 valence electrons. The standard InChI is InChI=1S/C16H22N4OS/c1-10-9-18-14(20(10)13-5-4-6-13)7-8-17-16(21)15-11(2)19-12(3)22-15/h9,13H,4-8H2,1-3H3,(H,17,21). The van der Waals surface area contributed by atoms with Crippen LogP contribution in [-0.4, -0.2) is 27.0 Å². The molecule has 0 radical (unpaired) electrons. The van der Waals surface area contributed by atoms with Crippen LogP contribution in [-0.2, 0) is 6.42 Å². The molecule has 1 saturated carbocycles. The number of nitrogens with zero attached hydrogens (tertiary/aromatic N) is 3. The van der Waals surface area contributed by atoms with E-state index in [0.29, 0.717) is 12.6 Å². The van der Waals surface area contributed by atoms with E-state index in [0.717, 1.165) is 27.8 Å². The number of thiazole rings is 1. The molecule has 0 aromatic carbocycles. The second-order valence-electron chi connectivity index (χ2n) is 5.92. The Labute approximate surface area is 134 Å². The molecule has 0 atom stereocenters. The van der Waals surface area contributed by atoms with E-state index in [1.807, 2.05) is 20.0 Å². The van der Waals surface area contributed by atoms with Crippen LogP contribution in [0.5, 0.6) is 0 Å². The first-order valence-electron chi connectivity index (χ1n) is 7.81. The lowest BCUT2D eigenvalue weighted by Gasteiger charge is -2.29. The van der Waals surface area contributed by atoms with E-state index in [4.69, 9.17) is 0 Å². The van der Waals surface area contributed by atoms with Gasteiger partial charge in [-0.1, -0.05) is 0 Å². The minimum atomic E-state index is -0.0263. The summed E-state index contributed by atoms with van der Waals surface area (Å²) in [6, 6.07) is 0.611. The molecular weight excluding hydrogens is 296 g/mol. The molecule has 3 rings (SSSR count). The Balaban J connectivity index is 1.59. The highest BCUT2D eigenvalue weighted by Gasteiger charge is 2.23. The number of nitrogens with one attached hydrogen (secondary N) is 1. The van der Waals surface area contributed by atoms with Gasteiger partial charge in [-0.05, 0) is 40.0 Å². The van der Waals surface area contributed by atoms with Crippen LogP contribution in [0.2, 0.25) is 0 Å². The Morgan fingerprint density at radius 1 is 1.41 bits per heavy atom. The summed E-state index contributed by atoms with van der Waals surface area (Å²) in [7, 11) is 0. The first-order valence-corrected chi connectivity index (χ1v) is 8.63. The summed E-state index contributed by atoms with van der Waals surface area (Å²) in [5, 5.41) is 3.92. The highest BCUT2D eigenvalue weighted by atomic mass is 32.1. The number of carbonyl (C=O) groups is 1. The molecule has 1 N–H and O–H groups in total. The quantitative estimate of drug-likeness (QED) is 0.922. The average molecular weight is 318 g/mol. The van der Waals surface area contributed by atoms with Crippen LogP contribution in [0.15, 0.2) is 6.20 Å². The number of rotatable bonds is 5. The second kappa shape index (κ2) is 6.20. The Kier molecular flexibility index (Phi) is 4.29. The number of aromatic nitrogens is 3. The molecular formula is C16H22N4OS. The van der Waals surface area contributed by atoms with Crippen molar-refractivity contribution in [1.82, 2.24) is 19.9 Å². The van der Waals surface area contributed by atoms with Crippen molar-refractivity contribution in [3.8, 4) is 0 Å². The fraction of sp³-hybridized carbons (Fsp3) is 0.562. The van der Waals surface area contributed by atoms with Crippen molar-refractivity contribution in [2.75, 3.05) is 6.54 Å². The van der Waals surface area contributed by atoms with Gasteiger partial charge in [0, 0.05) is 30.9 Å². The molecule has 22 heavy (non-hydrogen) atoms. The largest absolute Gasteiger partial charge is 0.351 e. The number of hydrogen-bond acceptors (Lipinski definition) is 4. The summed E-state index contributed by atoms with van der Waals surface area (Å²) in [4.78, 5) is 21.7.